The van der Waals surface area contributed by atoms with Crippen molar-refractivity contribution in [2.45, 2.75) is 50.2 Å². The number of pyridine rings is 1. The molecular weight excluding hydrogens is 333 g/mol. The van der Waals surface area contributed by atoms with Crippen LogP contribution in [0.1, 0.15) is 44.1 Å². The van der Waals surface area contributed by atoms with E-state index in [2.05, 4.69) is 26.8 Å². The number of likely N-dealkylation sites (tertiary alicyclic amines) is 1. The number of amides is 1. The van der Waals surface area contributed by atoms with Crippen molar-refractivity contribution in [3.05, 3.63) is 36.0 Å². The zero-order chi connectivity index (χ0) is 17.9. The molecule has 5 rings (SSSR count). The van der Waals surface area contributed by atoms with Gasteiger partial charge in [-0.25, -0.2) is 14.4 Å². The van der Waals surface area contributed by atoms with E-state index in [4.69, 9.17) is 0 Å². The van der Waals surface area contributed by atoms with Crippen molar-refractivity contribution in [2.24, 2.45) is 0 Å². The summed E-state index contributed by atoms with van der Waals surface area (Å²) in [5, 5.41) is 3.66. The number of nitrogens with one attached hydrogen (secondary N) is 1. The summed E-state index contributed by atoms with van der Waals surface area (Å²) in [6.45, 7) is 3.20. The second kappa shape index (κ2) is 5.28. The molecule has 0 atom stereocenters. The fourth-order valence-electron chi connectivity index (χ4n) is 4.29. The van der Waals surface area contributed by atoms with Crippen molar-refractivity contribution in [1.82, 2.24) is 19.4 Å². The molecule has 136 valence electrons. The van der Waals surface area contributed by atoms with Crippen molar-refractivity contribution >= 4 is 11.6 Å². The lowest BCUT2D eigenvalue weighted by Crippen LogP contribution is -2.52. The van der Waals surface area contributed by atoms with E-state index in [0.717, 1.165) is 42.3 Å². The summed E-state index contributed by atoms with van der Waals surface area (Å²) in [7, 11) is 0. The first-order chi connectivity index (χ1) is 12.6. The van der Waals surface area contributed by atoms with Gasteiger partial charge in [0.2, 0.25) is 0 Å². The van der Waals surface area contributed by atoms with E-state index in [1.54, 1.807) is 11.1 Å². The molecule has 6 nitrogen and oxygen atoms in total. The van der Waals surface area contributed by atoms with Gasteiger partial charge in [-0.05, 0) is 37.8 Å². The number of piperidine rings is 1. The summed E-state index contributed by atoms with van der Waals surface area (Å²) in [6, 6.07) is 3.95. The minimum absolute atomic E-state index is 0.291. The molecule has 2 aromatic rings. The monoisotopic (exact) mass is 355 g/mol. The van der Waals surface area contributed by atoms with Crippen LogP contribution in [0.4, 0.5) is 10.1 Å². The minimum Gasteiger partial charge on any atom is -0.371 e. The Kier molecular flexibility index (Phi) is 3.21. The molecule has 1 spiro atoms. The van der Waals surface area contributed by atoms with Gasteiger partial charge in [0.05, 0.1) is 23.1 Å². The van der Waals surface area contributed by atoms with Gasteiger partial charge in [-0.3, -0.25) is 9.36 Å². The van der Waals surface area contributed by atoms with Crippen LogP contribution in [0.2, 0.25) is 0 Å². The van der Waals surface area contributed by atoms with Crippen molar-refractivity contribution in [1.29, 1.82) is 0 Å². The van der Waals surface area contributed by atoms with E-state index < -0.39 is 5.67 Å². The maximum atomic E-state index is 14.2. The maximum Gasteiger partial charge on any atom is 0.260 e. The highest BCUT2D eigenvalue weighted by atomic mass is 19.1. The quantitative estimate of drug-likeness (QED) is 0.899. The molecule has 1 amide bonds. The summed E-state index contributed by atoms with van der Waals surface area (Å²) < 4.78 is 16.3. The van der Waals surface area contributed by atoms with E-state index in [-0.39, 0.29) is 11.4 Å². The number of imidazole rings is 1. The smallest absolute Gasteiger partial charge is 0.260 e. The zero-order valence-corrected chi connectivity index (χ0v) is 14.8. The number of nitrogens with zero attached hydrogens (tertiary/aromatic N) is 4. The Bertz CT molecular complexity index is 880. The molecule has 1 saturated heterocycles. The Hall–Kier alpha value is -2.44. The van der Waals surface area contributed by atoms with Gasteiger partial charge in [0.15, 0.2) is 11.5 Å². The van der Waals surface area contributed by atoms with Gasteiger partial charge >= 0.3 is 0 Å². The number of fused-ring (bicyclic) bond motifs is 4. The van der Waals surface area contributed by atoms with E-state index in [1.165, 1.54) is 0 Å². The van der Waals surface area contributed by atoms with E-state index in [9.17, 15) is 9.18 Å². The standard InChI is InChI=1S/C19H22FN5O/c1-2-15-22-12-14-19(23-13-4-3-9-21-16(13)25(14)15)7-10-24(11-8-19)17(26)18(20)5-6-18/h3-4,9,12,23H,2,5-8,10-11H2,1H3. The molecule has 0 radical (unpaired) electrons. The molecule has 3 aliphatic rings. The van der Waals surface area contributed by atoms with Gasteiger partial charge < -0.3 is 10.2 Å². The summed E-state index contributed by atoms with van der Waals surface area (Å²) in [6.07, 6.45) is 6.75. The van der Waals surface area contributed by atoms with Crippen LogP contribution in [-0.2, 0) is 16.8 Å². The molecular formula is C19H22FN5O. The highest BCUT2D eigenvalue weighted by Crippen LogP contribution is 2.45. The second-order valence-electron chi connectivity index (χ2n) is 7.59. The molecule has 0 unspecified atom stereocenters. The fourth-order valence-corrected chi connectivity index (χ4v) is 4.29. The van der Waals surface area contributed by atoms with Crippen molar-refractivity contribution in [3.63, 3.8) is 0 Å². The van der Waals surface area contributed by atoms with Crippen LogP contribution in [0.15, 0.2) is 24.5 Å². The third kappa shape index (κ3) is 2.12. The summed E-state index contributed by atoms with van der Waals surface area (Å²) >= 11 is 0. The number of halogens is 1. The normalized spacial score (nSPS) is 21.7. The molecule has 4 heterocycles. The van der Waals surface area contributed by atoms with Crippen LogP contribution < -0.4 is 5.32 Å². The number of aromatic nitrogens is 3. The number of hydrogen-bond acceptors (Lipinski definition) is 4. The Morgan fingerprint density at radius 2 is 2.04 bits per heavy atom. The number of aryl methyl sites for hydroxylation is 1. The molecule has 2 fully saturated rings. The summed E-state index contributed by atoms with van der Waals surface area (Å²) in [4.78, 5) is 23.2. The second-order valence-corrected chi connectivity index (χ2v) is 7.59. The topological polar surface area (TPSA) is 63.1 Å². The molecule has 7 heteroatoms. The van der Waals surface area contributed by atoms with Crippen molar-refractivity contribution in [2.75, 3.05) is 18.4 Å². The van der Waals surface area contributed by atoms with Crippen LogP contribution in [0.25, 0.3) is 5.82 Å². The van der Waals surface area contributed by atoms with Crippen LogP contribution in [0, 0.1) is 0 Å². The predicted molar refractivity (Wildman–Crippen MR) is 94.9 cm³/mol. The first kappa shape index (κ1) is 15.8. The fraction of sp³-hybridized carbons (Fsp3) is 0.526. The van der Waals surface area contributed by atoms with Crippen molar-refractivity contribution in [3.8, 4) is 5.82 Å². The SMILES string of the molecule is CCc1ncc2n1-c1ncccc1NC21CCN(C(=O)C2(F)CC2)CC1. The lowest BCUT2D eigenvalue weighted by atomic mass is 9.82. The Labute approximate surface area is 151 Å². The number of hydrogen-bond donors (Lipinski definition) is 1. The third-order valence-electron chi connectivity index (χ3n) is 5.99. The first-order valence-corrected chi connectivity index (χ1v) is 9.35. The maximum absolute atomic E-state index is 14.2. The number of anilines is 1. The lowest BCUT2D eigenvalue weighted by molar-refractivity contribution is -0.139. The van der Waals surface area contributed by atoms with E-state index in [0.29, 0.717) is 25.9 Å². The lowest BCUT2D eigenvalue weighted by Gasteiger charge is -2.46. The summed E-state index contributed by atoms with van der Waals surface area (Å²) in [5.41, 5.74) is 0.198. The van der Waals surface area contributed by atoms with Crippen LogP contribution >= 0.6 is 0 Å². The molecule has 1 aliphatic carbocycles. The van der Waals surface area contributed by atoms with Gasteiger partial charge in [-0.1, -0.05) is 6.92 Å². The highest BCUT2D eigenvalue weighted by molar-refractivity contribution is 5.88. The minimum atomic E-state index is -1.59. The highest BCUT2D eigenvalue weighted by Gasteiger charge is 2.54. The molecule has 2 aliphatic heterocycles. The largest absolute Gasteiger partial charge is 0.371 e. The van der Waals surface area contributed by atoms with Gasteiger partial charge in [-0.2, -0.15) is 0 Å². The van der Waals surface area contributed by atoms with Crippen molar-refractivity contribution < 1.29 is 9.18 Å². The van der Waals surface area contributed by atoms with Crippen LogP contribution in [0.3, 0.4) is 0 Å². The molecule has 1 saturated carbocycles. The Balaban J connectivity index is 1.49. The molecule has 1 N–H and O–H groups in total. The average molecular weight is 355 g/mol. The number of rotatable bonds is 2. The number of carbonyl (C=O) groups excluding carboxylic acids is 1. The van der Waals surface area contributed by atoms with Crippen LogP contribution in [0.5, 0.6) is 0 Å². The van der Waals surface area contributed by atoms with E-state index >= 15 is 0 Å². The van der Waals surface area contributed by atoms with Crippen LogP contribution in [-0.4, -0.2) is 44.1 Å². The van der Waals surface area contributed by atoms with Gasteiger partial charge in [0, 0.05) is 25.7 Å². The molecule has 0 aromatic carbocycles. The van der Waals surface area contributed by atoms with Gasteiger partial charge in [-0.15, -0.1) is 0 Å². The van der Waals surface area contributed by atoms with E-state index in [1.807, 2.05) is 18.3 Å². The number of carbonyl (C=O) groups is 1. The van der Waals surface area contributed by atoms with Gasteiger partial charge in [0.25, 0.3) is 5.91 Å². The Morgan fingerprint density at radius 1 is 1.27 bits per heavy atom. The third-order valence-corrected chi connectivity index (χ3v) is 5.99. The molecule has 0 bridgehead atoms. The molecule has 2 aromatic heterocycles. The Morgan fingerprint density at radius 3 is 2.73 bits per heavy atom. The average Bonchev–Trinajstić information content (AvgIpc) is 3.26. The predicted octanol–water partition coefficient (Wildman–Crippen LogP) is 2.58. The molecule has 26 heavy (non-hydrogen) atoms. The van der Waals surface area contributed by atoms with Gasteiger partial charge in [0.1, 0.15) is 5.82 Å². The zero-order valence-electron chi connectivity index (χ0n) is 14.8. The first-order valence-electron chi connectivity index (χ1n) is 9.35. The number of alkyl halides is 1. The summed E-state index contributed by atoms with van der Waals surface area (Å²) in [5.74, 6) is 1.54.